The van der Waals surface area contributed by atoms with Crippen molar-refractivity contribution < 1.29 is 14.6 Å². The summed E-state index contributed by atoms with van der Waals surface area (Å²) < 4.78 is 5.16. The Morgan fingerprint density at radius 3 is 2.86 bits per heavy atom. The van der Waals surface area contributed by atoms with Crippen molar-refractivity contribution in [2.24, 2.45) is 0 Å². The maximum absolute atomic E-state index is 10.8. The lowest BCUT2D eigenvalue weighted by atomic mass is 10.2. The van der Waals surface area contributed by atoms with Crippen LogP contribution in [0.3, 0.4) is 0 Å². The van der Waals surface area contributed by atoms with Gasteiger partial charge in [-0.3, -0.25) is 4.79 Å². The molecule has 0 radical (unpaired) electrons. The van der Waals surface area contributed by atoms with Crippen LogP contribution >= 0.6 is 0 Å². The molecule has 0 aliphatic heterocycles. The highest BCUT2D eigenvalue weighted by Crippen LogP contribution is 2.28. The van der Waals surface area contributed by atoms with Gasteiger partial charge in [-0.05, 0) is 19.1 Å². The Morgan fingerprint density at radius 2 is 2.29 bits per heavy atom. The highest BCUT2D eigenvalue weighted by Gasteiger charge is 2.03. The van der Waals surface area contributed by atoms with E-state index in [0.717, 1.165) is 0 Å². The number of benzene rings is 1. The number of carbonyl (C=O) groups is 1. The van der Waals surface area contributed by atoms with Gasteiger partial charge in [-0.25, -0.2) is 0 Å². The van der Waals surface area contributed by atoms with Crippen LogP contribution in [0.5, 0.6) is 11.5 Å². The molecule has 0 aliphatic rings. The van der Waals surface area contributed by atoms with Crippen LogP contribution in [0.1, 0.15) is 13.8 Å². The van der Waals surface area contributed by atoms with Crippen molar-refractivity contribution in [2.75, 3.05) is 11.9 Å². The molecule has 0 fully saturated rings. The second-order valence-electron chi connectivity index (χ2n) is 2.80. The molecule has 76 valence electrons. The summed E-state index contributed by atoms with van der Waals surface area (Å²) in [6.45, 7) is 3.72. The number of phenolic OH excluding ortho intramolecular Hbond substituents is 1. The van der Waals surface area contributed by atoms with E-state index in [-0.39, 0.29) is 11.7 Å². The minimum absolute atomic E-state index is 0.0703. The van der Waals surface area contributed by atoms with E-state index in [1.165, 1.54) is 13.0 Å². The van der Waals surface area contributed by atoms with E-state index in [9.17, 15) is 9.90 Å². The number of nitrogens with one attached hydrogen (secondary N) is 1. The Balaban J connectivity index is 2.88. The van der Waals surface area contributed by atoms with E-state index in [2.05, 4.69) is 5.32 Å². The zero-order valence-corrected chi connectivity index (χ0v) is 8.20. The van der Waals surface area contributed by atoms with Gasteiger partial charge >= 0.3 is 0 Å². The van der Waals surface area contributed by atoms with Gasteiger partial charge in [-0.15, -0.1) is 0 Å². The molecule has 0 saturated heterocycles. The van der Waals surface area contributed by atoms with Crippen molar-refractivity contribution in [1.82, 2.24) is 0 Å². The maximum Gasteiger partial charge on any atom is 0.221 e. The molecule has 2 N–H and O–H groups in total. The van der Waals surface area contributed by atoms with Crippen LogP contribution in [0.2, 0.25) is 0 Å². The standard InChI is InChI=1S/C10H13NO3/c1-3-14-10-6-8(11-7(2)12)4-5-9(10)13/h4-6,13H,3H2,1-2H3,(H,11,12). The molecule has 1 aromatic carbocycles. The molecule has 0 saturated carbocycles. The Morgan fingerprint density at radius 1 is 1.57 bits per heavy atom. The van der Waals surface area contributed by atoms with Crippen LogP contribution in [-0.2, 0) is 4.79 Å². The Labute approximate surface area is 82.5 Å². The third-order valence-electron chi connectivity index (χ3n) is 1.58. The third kappa shape index (κ3) is 2.65. The highest BCUT2D eigenvalue weighted by molar-refractivity contribution is 5.89. The lowest BCUT2D eigenvalue weighted by molar-refractivity contribution is -0.114. The summed E-state index contributed by atoms with van der Waals surface area (Å²) in [6, 6.07) is 4.68. The largest absolute Gasteiger partial charge is 0.504 e. The number of phenols is 1. The smallest absolute Gasteiger partial charge is 0.221 e. The molecule has 0 bridgehead atoms. The number of amides is 1. The first-order valence-corrected chi connectivity index (χ1v) is 4.37. The van der Waals surface area contributed by atoms with Gasteiger partial charge in [0, 0.05) is 18.7 Å². The van der Waals surface area contributed by atoms with Gasteiger partial charge in [-0.1, -0.05) is 0 Å². The van der Waals surface area contributed by atoms with Crippen molar-refractivity contribution in [1.29, 1.82) is 0 Å². The van der Waals surface area contributed by atoms with Gasteiger partial charge in [0.05, 0.1) is 6.61 Å². The van der Waals surface area contributed by atoms with Gasteiger partial charge < -0.3 is 15.2 Å². The quantitative estimate of drug-likeness (QED) is 0.722. The van der Waals surface area contributed by atoms with E-state index in [4.69, 9.17) is 4.74 Å². The Hall–Kier alpha value is -1.71. The zero-order valence-electron chi connectivity index (χ0n) is 8.20. The van der Waals surface area contributed by atoms with Crippen LogP contribution in [0.25, 0.3) is 0 Å². The van der Waals surface area contributed by atoms with Crippen molar-refractivity contribution in [3.05, 3.63) is 18.2 Å². The molecule has 0 atom stereocenters. The normalized spacial score (nSPS) is 9.57. The average molecular weight is 195 g/mol. The fraction of sp³-hybridized carbons (Fsp3) is 0.300. The first kappa shape index (κ1) is 10.4. The summed E-state index contributed by atoms with van der Waals surface area (Å²) in [5, 5.41) is 12.0. The maximum atomic E-state index is 10.8. The summed E-state index contributed by atoms with van der Waals surface area (Å²) in [4.78, 5) is 10.8. The van der Waals surface area contributed by atoms with E-state index in [0.29, 0.717) is 18.0 Å². The molecular weight excluding hydrogens is 182 g/mol. The molecule has 4 heteroatoms. The fourth-order valence-corrected chi connectivity index (χ4v) is 1.07. The van der Waals surface area contributed by atoms with Gasteiger partial charge in [0.1, 0.15) is 0 Å². The fourth-order valence-electron chi connectivity index (χ4n) is 1.07. The predicted octanol–water partition coefficient (Wildman–Crippen LogP) is 1.75. The lowest BCUT2D eigenvalue weighted by Crippen LogP contribution is -2.05. The van der Waals surface area contributed by atoms with Crippen LogP contribution in [-0.4, -0.2) is 17.6 Å². The van der Waals surface area contributed by atoms with Crippen molar-refractivity contribution in [3.8, 4) is 11.5 Å². The van der Waals surface area contributed by atoms with Gasteiger partial charge in [0.15, 0.2) is 11.5 Å². The zero-order chi connectivity index (χ0) is 10.6. The minimum Gasteiger partial charge on any atom is -0.504 e. The van der Waals surface area contributed by atoms with E-state index >= 15 is 0 Å². The number of hydrogen-bond acceptors (Lipinski definition) is 3. The van der Waals surface area contributed by atoms with Crippen LogP contribution in [0.15, 0.2) is 18.2 Å². The van der Waals surface area contributed by atoms with Gasteiger partial charge in [0.2, 0.25) is 5.91 Å². The molecule has 1 aromatic rings. The SMILES string of the molecule is CCOc1cc(NC(C)=O)ccc1O. The molecule has 0 unspecified atom stereocenters. The van der Waals surface area contributed by atoms with Crippen molar-refractivity contribution in [3.63, 3.8) is 0 Å². The number of aromatic hydroxyl groups is 1. The molecule has 1 rings (SSSR count). The van der Waals surface area contributed by atoms with Gasteiger partial charge in [0.25, 0.3) is 0 Å². The molecule has 0 aliphatic carbocycles. The topological polar surface area (TPSA) is 58.6 Å². The van der Waals surface area contributed by atoms with E-state index in [1.807, 2.05) is 6.92 Å². The number of hydrogen-bond donors (Lipinski definition) is 2. The van der Waals surface area contributed by atoms with E-state index < -0.39 is 0 Å². The van der Waals surface area contributed by atoms with Crippen LogP contribution in [0, 0.1) is 0 Å². The van der Waals surface area contributed by atoms with Crippen LogP contribution in [0.4, 0.5) is 5.69 Å². The second-order valence-corrected chi connectivity index (χ2v) is 2.80. The lowest BCUT2D eigenvalue weighted by Gasteiger charge is -2.08. The Bertz CT molecular complexity index is 336. The monoisotopic (exact) mass is 195 g/mol. The summed E-state index contributed by atoms with van der Waals surface area (Å²) in [6.07, 6.45) is 0. The first-order chi connectivity index (χ1) is 6.63. The highest BCUT2D eigenvalue weighted by atomic mass is 16.5. The van der Waals surface area contributed by atoms with Crippen LogP contribution < -0.4 is 10.1 Å². The summed E-state index contributed by atoms with van der Waals surface area (Å²) in [5.74, 6) is 0.290. The van der Waals surface area contributed by atoms with Crippen molar-refractivity contribution >= 4 is 11.6 Å². The summed E-state index contributed by atoms with van der Waals surface area (Å²) in [5.41, 5.74) is 0.610. The molecule has 14 heavy (non-hydrogen) atoms. The molecule has 0 spiro atoms. The molecule has 0 aromatic heterocycles. The molecule has 4 nitrogen and oxygen atoms in total. The number of rotatable bonds is 3. The number of carbonyl (C=O) groups excluding carboxylic acids is 1. The first-order valence-electron chi connectivity index (χ1n) is 4.37. The minimum atomic E-state index is -0.155. The number of anilines is 1. The second kappa shape index (κ2) is 4.50. The Kier molecular flexibility index (Phi) is 3.34. The number of ether oxygens (including phenoxy) is 1. The predicted molar refractivity (Wildman–Crippen MR) is 53.6 cm³/mol. The summed E-state index contributed by atoms with van der Waals surface area (Å²) in [7, 11) is 0. The van der Waals surface area contributed by atoms with E-state index in [1.54, 1.807) is 12.1 Å². The molecular formula is C10H13NO3. The average Bonchev–Trinajstić information content (AvgIpc) is 2.10. The summed E-state index contributed by atoms with van der Waals surface area (Å²) >= 11 is 0. The van der Waals surface area contributed by atoms with Crippen molar-refractivity contribution in [2.45, 2.75) is 13.8 Å². The van der Waals surface area contributed by atoms with Gasteiger partial charge in [-0.2, -0.15) is 0 Å². The molecule has 0 heterocycles. The third-order valence-corrected chi connectivity index (χ3v) is 1.58. The molecule has 1 amide bonds.